The minimum Gasteiger partial charge on any atom is -0.466 e. The molecule has 0 aliphatic carbocycles. The normalized spacial score (nSPS) is 23.6. The predicted octanol–water partition coefficient (Wildman–Crippen LogP) is 4.55. The summed E-state index contributed by atoms with van der Waals surface area (Å²) in [5, 5.41) is 7.04. The van der Waals surface area contributed by atoms with Crippen LogP contribution < -0.4 is 4.74 Å². The van der Waals surface area contributed by atoms with Crippen LogP contribution in [0.3, 0.4) is 0 Å². The molecule has 6 heteroatoms. The Kier molecular flexibility index (Phi) is 4.02. The molecule has 27 heavy (non-hydrogen) atoms. The first kappa shape index (κ1) is 17.2. The number of hydrazone groups is 1. The number of ether oxygens (including phenoxy) is 1. The van der Waals surface area contributed by atoms with Crippen molar-refractivity contribution in [2.24, 2.45) is 5.10 Å². The molecule has 1 atom stereocenters. The van der Waals surface area contributed by atoms with Gasteiger partial charge < -0.3 is 9.64 Å². The summed E-state index contributed by atoms with van der Waals surface area (Å²) in [6.45, 7) is 1.92. The van der Waals surface area contributed by atoms with Gasteiger partial charge in [-0.25, -0.2) is 9.40 Å². The number of piperidine rings is 1. The van der Waals surface area contributed by atoms with Crippen LogP contribution in [-0.4, -0.2) is 41.5 Å². The smallest absolute Gasteiger partial charge is 0.200 e. The topological polar surface area (TPSA) is 28.1 Å². The van der Waals surface area contributed by atoms with Crippen LogP contribution in [0, 0.1) is 5.82 Å². The van der Waals surface area contributed by atoms with Gasteiger partial charge >= 0.3 is 0 Å². The minimum absolute atomic E-state index is 0.0734. The number of fused-ring (bicyclic) bond motifs is 4. The quantitative estimate of drug-likeness (QED) is 0.665. The van der Waals surface area contributed by atoms with E-state index in [1.165, 1.54) is 6.07 Å². The first-order chi connectivity index (χ1) is 13.1. The maximum absolute atomic E-state index is 14.4. The lowest BCUT2D eigenvalue weighted by Crippen LogP contribution is -2.58. The van der Waals surface area contributed by atoms with Gasteiger partial charge in [-0.3, -0.25) is 0 Å². The predicted molar refractivity (Wildman–Crippen MR) is 106 cm³/mol. The summed E-state index contributed by atoms with van der Waals surface area (Å²) in [5.41, 5.74) is 2.05. The number of hydrogen-bond donors (Lipinski definition) is 0. The van der Waals surface area contributed by atoms with Gasteiger partial charge in [0.1, 0.15) is 11.6 Å². The second-order valence-corrected chi connectivity index (χ2v) is 8.54. The molecule has 5 rings (SSSR count). The van der Waals surface area contributed by atoms with Gasteiger partial charge in [-0.2, -0.15) is 5.10 Å². The lowest BCUT2D eigenvalue weighted by Gasteiger charge is -2.50. The maximum Gasteiger partial charge on any atom is 0.200 e. The van der Waals surface area contributed by atoms with E-state index >= 15 is 0 Å². The summed E-state index contributed by atoms with van der Waals surface area (Å²) in [6.07, 6.45) is 2.44. The lowest BCUT2D eigenvalue weighted by atomic mass is 9.91. The third kappa shape index (κ3) is 2.77. The number of halogens is 2. The van der Waals surface area contributed by atoms with Gasteiger partial charge in [0.25, 0.3) is 0 Å². The summed E-state index contributed by atoms with van der Waals surface area (Å²) in [6, 6.07) is 13.1. The van der Waals surface area contributed by atoms with Crippen LogP contribution in [0.1, 0.15) is 36.4 Å². The highest BCUT2D eigenvalue weighted by Gasteiger charge is 2.51. The molecule has 1 unspecified atom stereocenters. The zero-order valence-corrected chi connectivity index (χ0v) is 16.7. The van der Waals surface area contributed by atoms with Crippen LogP contribution in [0.5, 0.6) is 5.75 Å². The SMILES string of the molecule is CN1CCC2(CC1)Oc1ccc(Br)cc1C1CC(c3ccccc3F)=NN12. The summed E-state index contributed by atoms with van der Waals surface area (Å²) in [4.78, 5) is 2.32. The van der Waals surface area contributed by atoms with E-state index in [0.29, 0.717) is 12.0 Å². The van der Waals surface area contributed by atoms with E-state index in [9.17, 15) is 4.39 Å². The Bertz CT molecular complexity index is 923. The molecule has 3 aliphatic rings. The Hall–Kier alpha value is -1.92. The third-order valence-electron chi connectivity index (χ3n) is 5.91. The number of nitrogens with zero attached hydrogens (tertiary/aromatic N) is 3. The molecule has 4 nitrogen and oxygen atoms in total. The van der Waals surface area contributed by atoms with E-state index in [1.54, 1.807) is 6.07 Å². The Morgan fingerprint density at radius 1 is 1.19 bits per heavy atom. The van der Waals surface area contributed by atoms with E-state index in [0.717, 1.165) is 47.4 Å². The fraction of sp³-hybridized carbons (Fsp3) is 0.381. The van der Waals surface area contributed by atoms with E-state index in [1.807, 2.05) is 24.3 Å². The Balaban J connectivity index is 1.61. The molecule has 2 aromatic rings. The van der Waals surface area contributed by atoms with Crippen LogP contribution in [0.25, 0.3) is 0 Å². The molecule has 0 radical (unpaired) electrons. The number of likely N-dealkylation sites (tertiary alicyclic amines) is 1. The number of benzene rings is 2. The Morgan fingerprint density at radius 2 is 1.96 bits per heavy atom. The third-order valence-corrected chi connectivity index (χ3v) is 6.41. The Morgan fingerprint density at radius 3 is 2.74 bits per heavy atom. The van der Waals surface area contributed by atoms with Crippen molar-refractivity contribution in [2.45, 2.75) is 31.0 Å². The molecule has 3 heterocycles. The zero-order chi connectivity index (χ0) is 18.6. The monoisotopic (exact) mass is 429 g/mol. The van der Waals surface area contributed by atoms with Crippen molar-refractivity contribution in [3.8, 4) is 5.75 Å². The van der Waals surface area contributed by atoms with Crippen LogP contribution in [0.2, 0.25) is 0 Å². The molecular formula is C21H21BrFN3O. The second-order valence-electron chi connectivity index (χ2n) is 7.62. The maximum atomic E-state index is 14.4. The molecule has 140 valence electrons. The van der Waals surface area contributed by atoms with E-state index in [4.69, 9.17) is 9.84 Å². The summed E-state index contributed by atoms with van der Waals surface area (Å²) >= 11 is 3.58. The molecule has 0 bridgehead atoms. The fourth-order valence-electron chi connectivity index (χ4n) is 4.41. The highest BCUT2D eigenvalue weighted by Crippen LogP contribution is 2.50. The molecule has 1 fully saturated rings. The summed E-state index contributed by atoms with van der Waals surface area (Å²) in [5.74, 6) is 0.706. The number of rotatable bonds is 1. The van der Waals surface area contributed by atoms with Crippen molar-refractivity contribution in [1.82, 2.24) is 9.91 Å². The van der Waals surface area contributed by atoms with Crippen LogP contribution in [0.4, 0.5) is 4.39 Å². The van der Waals surface area contributed by atoms with Crippen LogP contribution >= 0.6 is 15.9 Å². The van der Waals surface area contributed by atoms with Gasteiger partial charge in [-0.1, -0.05) is 34.1 Å². The average Bonchev–Trinajstić information content (AvgIpc) is 3.12. The molecule has 0 N–H and O–H groups in total. The van der Waals surface area contributed by atoms with E-state index < -0.39 is 5.72 Å². The van der Waals surface area contributed by atoms with Gasteiger partial charge in [0, 0.05) is 48.0 Å². The zero-order valence-electron chi connectivity index (χ0n) is 15.2. The molecule has 1 spiro atoms. The largest absolute Gasteiger partial charge is 0.466 e. The van der Waals surface area contributed by atoms with Crippen molar-refractivity contribution in [3.63, 3.8) is 0 Å². The number of hydrogen-bond acceptors (Lipinski definition) is 4. The second kappa shape index (κ2) is 6.31. The summed E-state index contributed by atoms with van der Waals surface area (Å²) in [7, 11) is 2.14. The molecule has 0 amide bonds. The van der Waals surface area contributed by atoms with Gasteiger partial charge in [0.2, 0.25) is 5.72 Å². The highest BCUT2D eigenvalue weighted by molar-refractivity contribution is 9.10. The van der Waals surface area contributed by atoms with E-state index in [-0.39, 0.29) is 11.9 Å². The van der Waals surface area contributed by atoms with Crippen molar-refractivity contribution < 1.29 is 9.13 Å². The van der Waals surface area contributed by atoms with Crippen molar-refractivity contribution in [2.75, 3.05) is 20.1 Å². The van der Waals surface area contributed by atoms with Gasteiger partial charge in [-0.05, 0) is 31.3 Å². The molecule has 0 aromatic heterocycles. The standard InChI is InChI=1S/C21H21BrFN3O/c1-25-10-8-21(9-11-25)26-19(16-12-14(22)6-7-20(16)27-21)13-18(24-26)15-4-2-3-5-17(15)23/h2-7,12,19H,8-11,13H2,1H3. The van der Waals surface area contributed by atoms with Gasteiger partial charge in [0.15, 0.2) is 0 Å². The van der Waals surface area contributed by atoms with Crippen molar-refractivity contribution in [1.29, 1.82) is 0 Å². The highest BCUT2D eigenvalue weighted by atomic mass is 79.9. The average molecular weight is 430 g/mol. The fourth-order valence-corrected chi connectivity index (χ4v) is 4.79. The molecule has 0 saturated carbocycles. The summed E-state index contributed by atoms with van der Waals surface area (Å²) < 4.78 is 22.0. The molecular weight excluding hydrogens is 409 g/mol. The van der Waals surface area contributed by atoms with Gasteiger partial charge in [-0.15, -0.1) is 0 Å². The molecule has 1 saturated heterocycles. The van der Waals surface area contributed by atoms with Crippen molar-refractivity contribution in [3.05, 3.63) is 63.9 Å². The van der Waals surface area contributed by atoms with Crippen LogP contribution in [0.15, 0.2) is 52.0 Å². The first-order valence-electron chi connectivity index (χ1n) is 9.34. The molecule has 3 aliphatic heterocycles. The molecule has 2 aromatic carbocycles. The van der Waals surface area contributed by atoms with Crippen LogP contribution in [-0.2, 0) is 0 Å². The lowest BCUT2D eigenvalue weighted by molar-refractivity contribution is -0.147. The van der Waals surface area contributed by atoms with Crippen molar-refractivity contribution >= 4 is 21.6 Å². The van der Waals surface area contributed by atoms with Gasteiger partial charge in [0.05, 0.1) is 11.8 Å². The first-order valence-corrected chi connectivity index (χ1v) is 10.1. The van der Waals surface area contributed by atoms with E-state index in [2.05, 4.69) is 39.0 Å². The minimum atomic E-state index is -0.453. The Labute approximate surface area is 166 Å².